The Kier molecular flexibility index (Phi) is 5.92. The minimum atomic E-state index is 1.17. The summed E-state index contributed by atoms with van der Waals surface area (Å²) in [5.41, 5.74) is 7.21. The summed E-state index contributed by atoms with van der Waals surface area (Å²) in [5, 5.41) is 20.4. The Morgan fingerprint density at radius 3 is 0.839 bits per heavy atom. The highest BCUT2D eigenvalue weighted by Gasteiger charge is 2.21. The molecule has 13 aromatic rings. The van der Waals surface area contributed by atoms with Gasteiger partial charge in [-0.05, 0) is 137 Å². The maximum atomic E-state index is 2.50. The number of aromatic nitrogens is 2. The van der Waals surface area contributed by atoms with Gasteiger partial charge in [0, 0.05) is 32.9 Å². The van der Waals surface area contributed by atoms with Gasteiger partial charge in [-0.1, -0.05) is 121 Å². The molecule has 2 heterocycles. The van der Waals surface area contributed by atoms with Crippen molar-refractivity contribution in [2.24, 2.45) is 0 Å². The van der Waals surface area contributed by atoms with Crippen molar-refractivity contribution in [1.82, 2.24) is 9.13 Å². The SMILES string of the molecule is c1ccc(-n2c3ccccc3c3cc4c5cc6c7ccccc7n(-c7ccccc7)c6cc5c5cc6c7ccccc7c7ccccc7c6cc5c4cc32)cc1. The largest absolute Gasteiger partial charge is 0.309 e. The first-order valence-electron chi connectivity index (χ1n) is 19.4. The van der Waals surface area contributed by atoms with Crippen molar-refractivity contribution in [2.45, 2.75) is 0 Å². The van der Waals surface area contributed by atoms with E-state index in [4.69, 9.17) is 0 Å². The quantitative estimate of drug-likeness (QED) is 0.125. The molecule has 0 radical (unpaired) electrons. The Morgan fingerprint density at radius 2 is 0.446 bits per heavy atom. The van der Waals surface area contributed by atoms with Crippen molar-refractivity contribution >= 4 is 108 Å². The van der Waals surface area contributed by atoms with Gasteiger partial charge in [-0.2, -0.15) is 0 Å². The molecule has 0 fully saturated rings. The lowest BCUT2D eigenvalue weighted by atomic mass is 9.88. The minimum Gasteiger partial charge on any atom is -0.309 e. The fourth-order valence-corrected chi connectivity index (χ4v) is 10.0. The molecular formula is C54H32N2. The van der Waals surface area contributed by atoms with Gasteiger partial charge in [-0.3, -0.25) is 0 Å². The third-order valence-corrected chi connectivity index (χ3v) is 12.4. The molecule has 2 nitrogen and oxygen atoms in total. The van der Waals surface area contributed by atoms with E-state index in [1.54, 1.807) is 0 Å². The maximum absolute atomic E-state index is 2.50. The summed E-state index contributed by atoms with van der Waals surface area (Å²) in [6.07, 6.45) is 0. The smallest absolute Gasteiger partial charge is 0.0547 e. The molecule has 0 saturated carbocycles. The van der Waals surface area contributed by atoms with Crippen LogP contribution in [0.3, 0.4) is 0 Å². The van der Waals surface area contributed by atoms with Crippen LogP contribution in [-0.2, 0) is 0 Å². The molecule has 258 valence electrons. The molecule has 0 saturated heterocycles. The number of nitrogens with zero attached hydrogens (tertiary/aromatic N) is 2. The number of para-hydroxylation sites is 4. The average molecular weight is 709 g/mol. The van der Waals surface area contributed by atoms with Crippen LogP contribution in [0.25, 0.3) is 120 Å². The van der Waals surface area contributed by atoms with E-state index in [0.29, 0.717) is 0 Å². The van der Waals surface area contributed by atoms with Crippen LogP contribution >= 0.6 is 0 Å². The minimum absolute atomic E-state index is 1.17. The molecule has 0 aliphatic rings. The molecule has 13 rings (SSSR count). The first-order valence-corrected chi connectivity index (χ1v) is 19.4. The number of hydrogen-bond donors (Lipinski definition) is 0. The molecule has 0 N–H and O–H groups in total. The van der Waals surface area contributed by atoms with E-state index >= 15 is 0 Å². The van der Waals surface area contributed by atoms with Crippen LogP contribution in [0.2, 0.25) is 0 Å². The van der Waals surface area contributed by atoms with Gasteiger partial charge in [0.2, 0.25) is 0 Å². The van der Waals surface area contributed by atoms with Gasteiger partial charge in [0.25, 0.3) is 0 Å². The summed E-state index contributed by atoms with van der Waals surface area (Å²) in [6.45, 7) is 0. The Morgan fingerprint density at radius 1 is 0.179 bits per heavy atom. The fourth-order valence-electron chi connectivity index (χ4n) is 10.0. The average Bonchev–Trinajstić information content (AvgIpc) is 3.77. The van der Waals surface area contributed by atoms with E-state index in [0.717, 1.165) is 0 Å². The topological polar surface area (TPSA) is 9.86 Å². The van der Waals surface area contributed by atoms with E-state index in [-0.39, 0.29) is 0 Å². The summed E-state index contributed by atoms with van der Waals surface area (Å²) in [4.78, 5) is 0. The lowest BCUT2D eigenvalue weighted by Crippen LogP contribution is -1.94. The summed E-state index contributed by atoms with van der Waals surface area (Å²) < 4.78 is 4.89. The van der Waals surface area contributed by atoms with Crippen LogP contribution in [0.15, 0.2) is 194 Å². The van der Waals surface area contributed by atoms with E-state index in [2.05, 4.69) is 203 Å². The van der Waals surface area contributed by atoms with Crippen LogP contribution in [0, 0.1) is 0 Å². The number of rotatable bonds is 2. The number of fused-ring (bicyclic) bond motifs is 18. The highest BCUT2D eigenvalue weighted by molar-refractivity contribution is 6.35. The predicted molar refractivity (Wildman–Crippen MR) is 240 cm³/mol. The standard InChI is InChI=1S/C54H32N2/c1-3-15-33(16-4-1)55-51-25-13-11-23-39(51)49-29-45-46-30-50-40-24-12-14-26-52(40)56(34-17-5-2-6-18-34)54(50)32-48(46)44-28-42-38-22-10-8-20-36(38)35-19-7-9-21-37(35)41(42)27-43(44)47(45)31-53(49)55/h1-32H. The molecule has 2 heteroatoms. The normalized spacial score (nSPS) is 12.3. The molecule has 0 atom stereocenters. The maximum Gasteiger partial charge on any atom is 0.0547 e. The second kappa shape index (κ2) is 11.1. The van der Waals surface area contributed by atoms with Gasteiger partial charge in [0.05, 0.1) is 22.1 Å². The molecular weight excluding hydrogens is 677 g/mol. The number of benzene rings is 11. The van der Waals surface area contributed by atoms with E-state index in [9.17, 15) is 0 Å². The van der Waals surface area contributed by atoms with Gasteiger partial charge < -0.3 is 9.13 Å². The van der Waals surface area contributed by atoms with E-state index in [1.165, 1.54) is 120 Å². The summed E-state index contributed by atoms with van der Waals surface area (Å²) in [7, 11) is 0. The third-order valence-electron chi connectivity index (χ3n) is 12.4. The van der Waals surface area contributed by atoms with Gasteiger partial charge >= 0.3 is 0 Å². The zero-order valence-corrected chi connectivity index (χ0v) is 30.4. The van der Waals surface area contributed by atoms with Crippen molar-refractivity contribution in [3.05, 3.63) is 194 Å². The Labute approximate surface area is 321 Å². The molecule has 56 heavy (non-hydrogen) atoms. The van der Waals surface area contributed by atoms with Crippen LogP contribution in [-0.4, -0.2) is 9.13 Å². The van der Waals surface area contributed by atoms with E-state index in [1.807, 2.05) is 0 Å². The monoisotopic (exact) mass is 708 g/mol. The van der Waals surface area contributed by atoms with Crippen molar-refractivity contribution in [3.63, 3.8) is 0 Å². The summed E-state index contributed by atoms with van der Waals surface area (Å²) in [5.74, 6) is 0. The van der Waals surface area contributed by atoms with E-state index < -0.39 is 0 Å². The van der Waals surface area contributed by atoms with Gasteiger partial charge in [-0.25, -0.2) is 0 Å². The molecule has 0 aliphatic heterocycles. The van der Waals surface area contributed by atoms with Gasteiger partial charge in [0.15, 0.2) is 0 Å². The van der Waals surface area contributed by atoms with Crippen LogP contribution in [0.4, 0.5) is 0 Å². The third kappa shape index (κ3) is 3.95. The zero-order chi connectivity index (χ0) is 36.5. The first-order chi connectivity index (χ1) is 27.8. The second-order valence-electron chi connectivity index (χ2n) is 15.2. The summed E-state index contributed by atoms with van der Waals surface area (Å²) >= 11 is 0. The van der Waals surface area contributed by atoms with Crippen molar-refractivity contribution in [1.29, 1.82) is 0 Å². The molecule has 11 aromatic carbocycles. The van der Waals surface area contributed by atoms with Gasteiger partial charge in [-0.15, -0.1) is 0 Å². The Balaban J connectivity index is 1.30. The van der Waals surface area contributed by atoms with Crippen LogP contribution < -0.4 is 0 Å². The Hall–Kier alpha value is -7.42. The molecule has 0 bridgehead atoms. The summed E-state index contributed by atoms with van der Waals surface area (Å²) in [6, 6.07) is 72.1. The Bertz CT molecular complexity index is 3540. The highest BCUT2D eigenvalue weighted by atomic mass is 15.0. The zero-order valence-electron chi connectivity index (χ0n) is 30.4. The molecule has 0 spiro atoms. The predicted octanol–water partition coefficient (Wildman–Crippen LogP) is 14.8. The van der Waals surface area contributed by atoms with Crippen LogP contribution in [0.1, 0.15) is 0 Å². The van der Waals surface area contributed by atoms with Crippen molar-refractivity contribution < 1.29 is 0 Å². The molecule has 0 aliphatic carbocycles. The highest BCUT2D eigenvalue weighted by Crippen LogP contribution is 2.46. The fraction of sp³-hybridized carbons (Fsp3) is 0. The van der Waals surface area contributed by atoms with Gasteiger partial charge in [0.1, 0.15) is 0 Å². The first kappa shape index (κ1) is 30.0. The van der Waals surface area contributed by atoms with Crippen molar-refractivity contribution in [2.75, 3.05) is 0 Å². The second-order valence-corrected chi connectivity index (χ2v) is 15.2. The lowest BCUT2D eigenvalue weighted by Gasteiger charge is -2.16. The van der Waals surface area contributed by atoms with Crippen LogP contribution in [0.5, 0.6) is 0 Å². The molecule has 2 aromatic heterocycles. The number of hydrogen-bond acceptors (Lipinski definition) is 0. The molecule has 0 unspecified atom stereocenters. The molecule has 0 amide bonds. The van der Waals surface area contributed by atoms with Crippen molar-refractivity contribution in [3.8, 4) is 11.4 Å². The lowest BCUT2D eigenvalue weighted by molar-refractivity contribution is 1.18.